The highest BCUT2D eigenvalue weighted by molar-refractivity contribution is 5.92. The van der Waals surface area contributed by atoms with Crippen LogP contribution in [-0.4, -0.2) is 46.2 Å². The van der Waals surface area contributed by atoms with E-state index < -0.39 is 11.6 Å². The number of hydrogen-bond donors (Lipinski definition) is 0. The summed E-state index contributed by atoms with van der Waals surface area (Å²) < 4.78 is 35.2. The number of morpholine rings is 1. The topological polar surface area (TPSA) is 51.1 Å². The SMILES string of the molecule is Fc1cc(-c2cccc3ncc(-c4cccnc4)nc23)cc(F)c1CN1CCOCC1. The number of rotatable bonds is 4. The van der Waals surface area contributed by atoms with Crippen LogP contribution < -0.4 is 0 Å². The second kappa shape index (κ2) is 8.45. The molecule has 0 radical (unpaired) electrons. The third-order valence-corrected chi connectivity index (χ3v) is 5.47. The first-order valence-corrected chi connectivity index (χ1v) is 10.1. The zero-order chi connectivity index (χ0) is 21.2. The van der Waals surface area contributed by atoms with Crippen molar-refractivity contribution in [3.63, 3.8) is 0 Å². The van der Waals surface area contributed by atoms with Crippen LogP contribution in [0.3, 0.4) is 0 Å². The van der Waals surface area contributed by atoms with Gasteiger partial charge < -0.3 is 4.74 Å². The van der Waals surface area contributed by atoms with Crippen molar-refractivity contribution < 1.29 is 13.5 Å². The highest BCUT2D eigenvalue weighted by Crippen LogP contribution is 2.31. The molecule has 2 aromatic heterocycles. The van der Waals surface area contributed by atoms with Crippen LogP contribution in [-0.2, 0) is 11.3 Å². The summed E-state index contributed by atoms with van der Waals surface area (Å²) in [4.78, 5) is 15.3. The number of pyridine rings is 1. The molecule has 0 saturated carbocycles. The van der Waals surface area contributed by atoms with Crippen molar-refractivity contribution in [2.24, 2.45) is 0 Å². The minimum atomic E-state index is -0.560. The van der Waals surface area contributed by atoms with E-state index in [4.69, 9.17) is 9.72 Å². The third kappa shape index (κ3) is 4.02. The van der Waals surface area contributed by atoms with E-state index in [0.717, 1.165) is 5.56 Å². The van der Waals surface area contributed by atoms with Crippen molar-refractivity contribution >= 4 is 11.0 Å². The van der Waals surface area contributed by atoms with Gasteiger partial charge in [-0.3, -0.25) is 14.9 Å². The molecule has 1 aliphatic heterocycles. The first-order valence-electron chi connectivity index (χ1n) is 10.1. The molecule has 1 aliphatic rings. The predicted octanol–water partition coefficient (Wildman–Crippen LogP) is 4.47. The van der Waals surface area contributed by atoms with Gasteiger partial charge >= 0.3 is 0 Å². The van der Waals surface area contributed by atoms with Crippen molar-refractivity contribution in [1.82, 2.24) is 19.9 Å². The standard InChI is InChI=1S/C24H20F2N4O/c25-20-11-17(12-21(26)19(20)15-30-7-9-31-10-8-30)18-4-1-5-22-24(18)29-23(14-28-22)16-3-2-6-27-13-16/h1-6,11-14H,7-10,15H2. The highest BCUT2D eigenvalue weighted by Gasteiger charge is 2.19. The van der Waals surface area contributed by atoms with E-state index in [1.807, 2.05) is 29.2 Å². The average Bonchev–Trinajstić information content (AvgIpc) is 2.82. The molecule has 3 heterocycles. The lowest BCUT2D eigenvalue weighted by atomic mass is 10.0. The number of nitrogens with zero attached hydrogens (tertiary/aromatic N) is 4. The molecule has 5 nitrogen and oxygen atoms in total. The van der Waals surface area contributed by atoms with Gasteiger partial charge in [-0.1, -0.05) is 12.1 Å². The van der Waals surface area contributed by atoms with Crippen LogP contribution in [0.1, 0.15) is 5.56 Å². The Bertz CT molecular complexity index is 1200. The molecule has 2 aromatic carbocycles. The van der Waals surface area contributed by atoms with E-state index in [-0.39, 0.29) is 12.1 Å². The summed E-state index contributed by atoms with van der Waals surface area (Å²) in [7, 11) is 0. The van der Waals surface area contributed by atoms with Gasteiger partial charge in [-0.25, -0.2) is 13.8 Å². The number of benzene rings is 2. The molecular formula is C24H20F2N4O. The van der Waals surface area contributed by atoms with E-state index in [0.29, 0.717) is 54.2 Å². The van der Waals surface area contributed by atoms with E-state index in [1.165, 1.54) is 12.1 Å². The Labute approximate surface area is 178 Å². The molecule has 0 unspecified atom stereocenters. The number of ether oxygens (including phenoxy) is 1. The number of aromatic nitrogens is 3. The predicted molar refractivity (Wildman–Crippen MR) is 114 cm³/mol. The molecule has 0 amide bonds. The molecule has 5 rings (SSSR count). The van der Waals surface area contributed by atoms with E-state index >= 15 is 0 Å². The van der Waals surface area contributed by atoms with Crippen molar-refractivity contribution in [1.29, 1.82) is 0 Å². The fraction of sp³-hybridized carbons (Fsp3) is 0.208. The fourth-order valence-corrected chi connectivity index (χ4v) is 3.81. The van der Waals surface area contributed by atoms with E-state index in [9.17, 15) is 8.78 Å². The van der Waals surface area contributed by atoms with Gasteiger partial charge in [0.25, 0.3) is 0 Å². The Morgan fingerprint density at radius 2 is 1.74 bits per heavy atom. The molecule has 0 N–H and O–H groups in total. The molecular weight excluding hydrogens is 398 g/mol. The summed E-state index contributed by atoms with van der Waals surface area (Å²) in [5, 5.41) is 0. The first-order chi connectivity index (χ1) is 15.2. The van der Waals surface area contributed by atoms with Gasteiger partial charge in [0.2, 0.25) is 0 Å². The van der Waals surface area contributed by atoms with Crippen LogP contribution in [0.5, 0.6) is 0 Å². The number of fused-ring (bicyclic) bond motifs is 1. The van der Waals surface area contributed by atoms with Crippen molar-refractivity contribution in [3.05, 3.63) is 78.3 Å². The lowest BCUT2D eigenvalue weighted by molar-refractivity contribution is 0.0332. The maximum absolute atomic E-state index is 15.0. The van der Waals surface area contributed by atoms with Gasteiger partial charge in [0.05, 0.1) is 36.1 Å². The van der Waals surface area contributed by atoms with Crippen molar-refractivity contribution in [2.75, 3.05) is 26.3 Å². The Balaban J connectivity index is 1.55. The monoisotopic (exact) mass is 418 g/mol. The van der Waals surface area contributed by atoms with Crippen LogP contribution in [0.2, 0.25) is 0 Å². The van der Waals surface area contributed by atoms with E-state index in [2.05, 4.69) is 9.97 Å². The van der Waals surface area contributed by atoms with Gasteiger partial charge in [-0.2, -0.15) is 0 Å². The maximum Gasteiger partial charge on any atom is 0.131 e. The average molecular weight is 418 g/mol. The van der Waals surface area contributed by atoms with Crippen LogP contribution in [0.25, 0.3) is 33.4 Å². The molecule has 1 saturated heterocycles. The van der Waals surface area contributed by atoms with Crippen molar-refractivity contribution in [2.45, 2.75) is 6.54 Å². The van der Waals surface area contributed by atoms with Crippen LogP contribution in [0.15, 0.2) is 61.1 Å². The normalized spacial score (nSPS) is 14.8. The van der Waals surface area contributed by atoms with Crippen molar-refractivity contribution in [3.8, 4) is 22.4 Å². The second-order valence-electron chi connectivity index (χ2n) is 7.48. The fourth-order valence-electron chi connectivity index (χ4n) is 3.81. The van der Waals surface area contributed by atoms with E-state index in [1.54, 1.807) is 24.7 Å². The van der Waals surface area contributed by atoms with Gasteiger partial charge in [-0.15, -0.1) is 0 Å². The quantitative estimate of drug-likeness (QED) is 0.490. The largest absolute Gasteiger partial charge is 0.379 e. The molecule has 156 valence electrons. The summed E-state index contributed by atoms with van der Waals surface area (Å²) in [6, 6.07) is 11.9. The summed E-state index contributed by atoms with van der Waals surface area (Å²) in [6.07, 6.45) is 5.07. The zero-order valence-electron chi connectivity index (χ0n) is 16.8. The summed E-state index contributed by atoms with van der Waals surface area (Å²) in [5.74, 6) is -1.12. The molecule has 0 spiro atoms. The number of halogens is 2. The van der Waals surface area contributed by atoms with Gasteiger partial charge in [0.15, 0.2) is 0 Å². The Hall–Kier alpha value is -3.29. The minimum absolute atomic E-state index is 0.0769. The Kier molecular flexibility index (Phi) is 5.36. The first kappa shape index (κ1) is 19.7. The maximum atomic E-state index is 15.0. The van der Waals surface area contributed by atoms with Crippen LogP contribution in [0.4, 0.5) is 8.78 Å². The second-order valence-corrected chi connectivity index (χ2v) is 7.48. The molecule has 0 aliphatic carbocycles. The summed E-state index contributed by atoms with van der Waals surface area (Å²) >= 11 is 0. The smallest absolute Gasteiger partial charge is 0.131 e. The van der Waals surface area contributed by atoms with Crippen LogP contribution >= 0.6 is 0 Å². The minimum Gasteiger partial charge on any atom is -0.379 e. The lowest BCUT2D eigenvalue weighted by Crippen LogP contribution is -2.36. The van der Waals surface area contributed by atoms with Gasteiger partial charge in [-0.05, 0) is 35.9 Å². The third-order valence-electron chi connectivity index (χ3n) is 5.47. The molecule has 7 heteroatoms. The summed E-state index contributed by atoms with van der Waals surface area (Å²) in [6.45, 7) is 2.71. The molecule has 4 aromatic rings. The summed E-state index contributed by atoms with van der Waals surface area (Å²) in [5.41, 5.74) is 3.86. The molecule has 1 fully saturated rings. The van der Waals surface area contributed by atoms with Gasteiger partial charge in [0, 0.05) is 48.7 Å². The number of para-hydroxylation sites is 1. The Morgan fingerprint density at radius 1 is 0.935 bits per heavy atom. The Morgan fingerprint density at radius 3 is 2.48 bits per heavy atom. The van der Waals surface area contributed by atoms with Crippen LogP contribution in [0, 0.1) is 11.6 Å². The number of hydrogen-bond acceptors (Lipinski definition) is 5. The zero-order valence-corrected chi connectivity index (χ0v) is 16.8. The lowest BCUT2D eigenvalue weighted by Gasteiger charge is -2.27. The molecule has 31 heavy (non-hydrogen) atoms. The highest BCUT2D eigenvalue weighted by atomic mass is 19.1. The molecule has 0 atom stereocenters. The molecule has 0 bridgehead atoms. The van der Waals surface area contributed by atoms with Gasteiger partial charge in [0.1, 0.15) is 11.6 Å².